The summed E-state index contributed by atoms with van der Waals surface area (Å²) < 4.78 is 44.6. The largest absolute Gasteiger partial charge is 0.490 e. The van der Waals surface area contributed by atoms with E-state index >= 15 is 0 Å². The van der Waals surface area contributed by atoms with E-state index in [4.69, 9.17) is 25.6 Å². The number of ether oxygens (including phenoxy) is 2. The fourth-order valence-electron chi connectivity index (χ4n) is 3.95. The second-order valence-electron chi connectivity index (χ2n) is 8.02. The molecule has 174 valence electrons. The van der Waals surface area contributed by atoms with Crippen molar-refractivity contribution in [1.82, 2.24) is 14.4 Å². The van der Waals surface area contributed by atoms with Gasteiger partial charge in [-0.1, -0.05) is 28.9 Å². The number of sulfonamides is 1. The first-order chi connectivity index (χ1) is 16.0. The lowest BCUT2D eigenvalue weighted by molar-refractivity contribution is 0.166. The molecule has 33 heavy (non-hydrogen) atoms. The summed E-state index contributed by atoms with van der Waals surface area (Å²) in [7, 11) is -3.61. The van der Waals surface area contributed by atoms with Crippen LogP contribution in [0.5, 0.6) is 11.5 Å². The Kier molecular flexibility index (Phi) is 6.29. The Morgan fingerprint density at radius 1 is 0.909 bits per heavy atom. The first-order valence-corrected chi connectivity index (χ1v) is 12.6. The third-order valence-electron chi connectivity index (χ3n) is 5.77. The SMILES string of the molecule is O=S(=O)(c1ccc2c(c1)OCCCO2)N1CCN(Cc2cc(-c3ccc(Cl)cc3)no2)CC1. The number of piperazine rings is 1. The molecule has 0 saturated carbocycles. The summed E-state index contributed by atoms with van der Waals surface area (Å²) in [4.78, 5) is 2.38. The van der Waals surface area contributed by atoms with Crippen molar-refractivity contribution in [1.29, 1.82) is 0 Å². The molecule has 0 atom stereocenters. The normalized spacial score (nSPS) is 17.6. The first kappa shape index (κ1) is 22.2. The molecule has 2 aliphatic heterocycles. The Bertz CT molecular complexity index is 1220. The zero-order chi connectivity index (χ0) is 22.8. The van der Waals surface area contributed by atoms with Crippen LogP contribution >= 0.6 is 11.6 Å². The lowest BCUT2D eigenvalue weighted by atomic mass is 10.1. The van der Waals surface area contributed by atoms with Gasteiger partial charge in [0.25, 0.3) is 0 Å². The second-order valence-corrected chi connectivity index (χ2v) is 10.4. The van der Waals surface area contributed by atoms with E-state index in [0.717, 1.165) is 23.4 Å². The topological polar surface area (TPSA) is 85.1 Å². The number of hydrogen-bond donors (Lipinski definition) is 0. The Hall–Kier alpha value is -2.59. The van der Waals surface area contributed by atoms with E-state index in [2.05, 4.69) is 10.1 Å². The molecule has 3 heterocycles. The summed E-state index contributed by atoms with van der Waals surface area (Å²) in [5, 5.41) is 4.81. The zero-order valence-electron chi connectivity index (χ0n) is 17.9. The Morgan fingerprint density at radius 2 is 1.64 bits per heavy atom. The molecule has 5 rings (SSSR count). The van der Waals surface area contributed by atoms with E-state index in [9.17, 15) is 8.42 Å². The van der Waals surface area contributed by atoms with Crippen LogP contribution in [0.2, 0.25) is 5.02 Å². The number of benzene rings is 2. The third kappa shape index (κ3) is 4.86. The number of halogens is 1. The van der Waals surface area contributed by atoms with Crippen LogP contribution in [0.15, 0.2) is 57.9 Å². The van der Waals surface area contributed by atoms with E-state index in [0.29, 0.717) is 62.5 Å². The van der Waals surface area contributed by atoms with Crippen LogP contribution in [0.25, 0.3) is 11.3 Å². The van der Waals surface area contributed by atoms with E-state index in [1.807, 2.05) is 30.3 Å². The van der Waals surface area contributed by atoms with E-state index in [1.165, 1.54) is 4.31 Å². The summed E-state index contributed by atoms with van der Waals surface area (Å²) in [6, 6.07) is 14.1. The van der Waals surface area contributed by atoms with E-state index < -0.39 is 10.0 Å². The van der Waals surface area contributed by atoms with Gasteiger partial charge < -0.3 is 14.0 Å². The van der Waals surface area contributed by atoms with Gasteiger partial charge in [-0.25, -0.2) is 8.42 Å². The first-order valence-electron chi connectivity index (χ1n) is 10.8. The quantitative estimate of drug-likeness (QED) is 0.540. The van der Waals surface area contributed by atoms with Gasteiger partial charge >= 0.3 is 0 Å². The average Bonchev–Trinajstić information content (AvgIpc) is 3.15. The van der Waals surface area contributed by atoms with Crippen molar-refractivity contribution in [3.05, 3.63) is 59.3 Å². The molecule has 8 nitrogen and oxygen atoms in total. The van der Waals surface area contributed by atoms with Gasteiger partial charge in [-0.05, 0) is 24.3 Å². The number of rotatable bonds is 5. The van der Waals surface area contributed by atoms with Crippen molar-refractivity contribution in [2.24, 2.45) is 0 Å². The van der Waals surface area contributed by atoms with Gasteiger partial charge in [0, 0.05) is 55.3 Å². The maximum atomic E-state index is 13.2. The maximum Gasteiger partial charge on any atom is 0.243 e. The van der Waals surface area contributed by atoms with Gasteiger partial charge in [0.1, 0.15) is 5.69 Å². The average molecular weight is 490 g/mol. The molecule has 0 amide bonds. The summed E-state index contributed by atoms with van der Waals surface area (Å²) in [5.74, 6) is 1.80. The highest BCUT2D eigenvalue weighted by atomic mass is 35.5. The van der Waals surface area contributed by atoms with Crippen molar-refractivity contribution < 1.29 is 22.4 Å². The summed E-state index contributed by atoms with van der Waals surface area (Å²) in [6.07, 6.45) is 0.769. The van der Waals surface area contributed by atoms with Gasteiger partial charge in [-0.2, -0.15) is 4.31 Å². The minimum absolute atomic E-state index is 0.225. The van der Waals surface area contributed by atoms with Crippen LogP contribution < -0.4 is 9.47 Å². The fourth-order valence-corrected chi connectivity index (χ4v) is 5.51. The molecule has 0 unspecified atom stereocenters. The molecular weight excluding hydrogens is 466 g/mol. The van der Waals surface area contributed by atoms with Crippen molar-refractivity contribution in [3.8, 4) is 22.8 Å². The van der Waals surface area contributed by atoms with Crippen molar-refractivity contribution >= 4 is 21.6 Å². The summed E-state index contributed by atoms with van der Waals surface area (Å²) in [5.41, 5.74) is 1.68. The van der Waals surface area contributed by atoms with Crippen LogP contribution in [0.4, 0.5) is 0 Å². The Balaban J connectivity index is 1.21. The number of hydrogen-bond acceptors (Lipinski definition) is 7. The molecule has 1 fully saturated rings. The second kappa shape index (κ2) is 9.34. The van der Waals surface area contributed by atoms with E-state index in [-0.39, 0.29) is 4.90 Å². The lowest BCUT2D eigenvalue weighted by Crippen LogP contribution is -2.48. The smallest absolute Gasteiger partial charge is 0.243 e. The van der Waals surface area contributed by atoms with Crippen LogP contribution in [0.3, 0.4) is 0 Å². The van der Waals surface area contributed by atoms with Gasteiger partial charge in [0.15, 0.2) is 17.3 Å². The molecule has 0 N–H and O–H groups in total. The minimum Gasteiger partial charge on any atom is -0.490 e. The van der Waals surface area contributed by atoms with Gasteiger partial charge in [0.2, 0.25) is 10.0 Å². The van der Waals surface area contributed by atoms with Crippen molar-refractivity contribution in [2.45, 2.75) is 17.9 Å². The molecule has 1 saturated heterocycles. The predicted molar refractivity (Wildman–Crippen MR) is 123 cm³/mol. The molecule has 0 spiro atoms. The van der Waals surface area contributed by atoms with E-state index in [1.54, 1.807) is 18.2 Å². The lowest BCUT2D eigenvalue weighted by Gasteiger charge is -2.33. The van der Waals surface area contributed by atoms with Gasteiger partial charge in [-0.15, -0.1) is 0 Å². The molecule has 2 aliphatic rings. The third-order valence-corrected chi connectivity index (χ3v) is 7.91. The van der Waals surface area contributed by atoms with Crippen molar-refractivity contribution in [3.63, 3.8) is 0 Å². The molecule has 0 radical (unpaired) electrons. The maximum absolute atomic E-state index is 13.2. The highest BCUT2D eigenvalue weighted by Gasteiger charge is 2.30. The number of aromatic nitrogens is 1. The van der Waals surface area contributed by atoms with Gasteiger partial charge in [-0.3, -0.25) is 4.90 Å². The number of fused-ring (bicyclic) bond motifs is 1. The zero-order valence-corrected chi connectivity index (χ0v) is 19.5. The molecule has 1 aromatic heterocycles. The highest BCUT2D eigenvalue weighted by Crippen LogP contribution is 2.33. The van der Waals surface area contributed by atoms with Crippen LogP contribution in [0.1, 0.15) is 12.2 Å². The highest BCUT2D eigenvalue weighted by molar-refractivity contribution is 7.89. The monoisotopic (exact) mass is 489 g/mol. The van der Waals surface area contributed by atoms with Crippen molar-refractivity contribution in [2.75, 3.05) is 39.4 Å². The Morgan fingerprint density at radius 3 is 2.39 bits per heavy atom. The number of nitrogens with zero attached hydrogens (tertiary/aromatic N) is 3. The standard InChI is InChI=1S/C23H24ClN3O5S/c24-18-4-2-17(3-5-18)21-14-19(32-25-21)16-26-8-10-27(11-9-26)33(28,29)20-6-7-22-23(15-20)31-13-1-12-30-22/h2-7,14-15H,1,8-13,16H2. The molecule has 3 aromatic rings. The Labute approximate surface area is 197 Å². The summed E-state index contributed by atoms with van der Waals surface area (Å²) in [6.45, 7) is 3.63. The van der Waals surface area contributed by atoms with Crippen LogP contribution in [-0.2, 0) is 16.6 Å². The predicted octanol–water partition coefficient (Wildman–Crippen LogP) is 3.66. The van der Waals surface area contributed by atoms with Crippen LogP contribution in [0, 0.1) is 0 Å². The molecule has 0 bridgehead atoms. The molecule has 10 heteroatoms. The summed E-state index contributed by atoms with van der Waals surface area (Å²) >= 11 is 5.94. The van der Waals surface area contributed by atoms with Gasteiger partial charge in [0.05, 0.1) is 24.7 Å². The minimum atomic E-state index is -3.61. The molecule has 0 aliphatic carbocycles. The molecule has 2 aromatic carbocycles. The fraction of sp³-hybridized carbons (Fsp3) is 0.348. The molecular formula is C23H24ClN3O5S. The van der Waals surface area contributed by atoms with Crippen LogP contribution in [-0.4, -0.2) is 62.2 Å².